The van der Waals surface area contributed by atoms with E-state index in [4.69, 9.17) is 9.47 Å². The Hall–Kier alpha value is -3.47. The summed E-state index contributed by atoms with van der Waals surface area (Å²) in [5.41, 5.74) is -0.0675. The summed E-state index contributed by atoms with van der Waals surface area (Å²) in [4.78, 5) is 23.4. The Morgan fingerprint density at radius 2 is 1.90 bits per heavy atom. The second kappa shape index (κ2) is 10.8. The van der Waals surface area contributed by atoms with Crippen LogP contribution in [0.3, 0.4) is 0 Å². The minimum atomic E-state index is -3.60. The lowest BCUT2D eigenvalue weighted by Gasteiger charge is -2.39. The van der Waals surface area contributed by atoms with Crippen LogP contribution in [0.4, 0.5) is 9.18 Å². The first kappa shape index (κ1) is 28.1. The smallest absolute Gasteiger partial charge is 0.411 e. The number of nitrogens with zero attached hydrogens (tertiary/aromatic N) is 4. The van der Waals surface area contributed by atoms with Gasteiger partial charge in [0.05, 0.1) is 28.1 Å². The Morgan fingerprint density at radius 1 is 1.23 bits per heavy atom. The summed E-state index contributed by atoms with van der Waals surface area (Å²) < 4.78 is 52.9. The van der Waals surface area contributed by atoms with Crippen molar-refractivity contribution in [2.75, 3.05) is 6.26 Å². The van der Waals surface area contributed by atoms with Crippen molar-refractivity contribution >= 4 is 32.7 Å². The van der Waals surface area contributed by atoms with Crippen LogP contribution in [0.2, 0.25) is 0 Å². The summed E-state index contributed by atoms with van der Waals surface area (Å²) in [5, 5.41) is 0.570. The van der Waals surface area contributed by atoms with Crippen LogP contribution >= 0.6 is 0 Å². The standard InChI is InChI=1S/C29H35FN4O5S/c1-5-8-23(40(4,36)37)17-25(30)19(2)33-14-11-24-26(33)31-18-32-27(24)38-22-15-20-9-10-21(16-22)34(20)28(35)39-29(3)12-6-7-13-29/h8-11,14,17-18,20-22H,2,5-7,12-13,15-16H2,1,3-4H3. The number of hydrogen-bond acceptors (Lipinski definition) is 7. The maximum atomic E-state index is 15.1. The van der Waals surface area contributed by atoms with Gasteiger partial charge in [-0.1, -0.05) is 31.7 Å². The number of rotatable bonds is 8. The molecule has 2 aromatic heterocycles. The molecule has 1 amide bonds. The third-order valence-electron chi connectivity index (χ3n) is 7.88. The van der Waals surface area contributed by atoms with Gasteiger partial charge in [-0.25, -0.2) is 27.6 Å². The third-order valence-corrected chi connectivity index (χ3v) is 9.02. The van der Waals surface area contributed by atoms with Gasteiger partial charge in [-0.2, -0.15) is 0 Å². The molecule has 2 unspecified atom stereocenters. The van der Waals surface area contributed by atoms with Crippen LogP contribution in [0.15, 0.2) is 60.2 Å². The highest BCUT2D eigenvalue weighted by Crippen LogP contribution is 2.38. The lowest BCUT2D eigenvalue weighted by molar-refractivity contribution is -0.0164. The molecule has 2 aliphatic heterocycles. The van der Waals surface area contributed by atoms with E-state index in [1.165, 1.54) is 17.0 Å². The molecular weight excluding hydrogens is 535 g/mol. The van der Waals surface area contributed by atoms with E-state index in [0.717, 1.165) is 38.0 Å². The molecule has 2 bridgehead atoms. The molecule has 1 saturated carbocycles. The van der Waals surface area contributed by atoms with E-state index in [9.17, 15) is 13.2 Å². The van der Waals surface area contributed by atoms with Gasteiger partial charge in [-0.05, 0) is 51.2 Å². The first-order chi connectivity index (χ1) is 19.0. The van der Waals surface area contributed by atoms with Crippen LogP contribution in [0.25, 0.3) is 16.7 Å². The highest BCUT2D eigenvalue weighted by molar-refractivity contribution is 7.94. The molecule has 214 valence electrons. The summed E-state index contributed by atoms with van der Waals surface area (Å²) in [6.07, 6.45) is 15.6. The lowest BCUT2D eigenvalue weighted by Crippen LogP contribution is -2.51. The number of fused-ring (bicyclic) bond motifs is 3. The number of aromatic nitrogens is 3. The quantitative estimate of drug-likeness (QED) is 0.296. The maximum Gasteiger partial charge on any atom is 0.411 e. The largest absolute Gasteiger partial charge is 0.474 e. The topological polar surface area (TPSA) is 104 Å². The van der Waals surface area contributed by atoms with Gasteiger partial charge in [0, 0.05) is 25.3 Å². The molecular formula is C29H35FN4O5S. The molecule has 1 saturated heterocycles. The molecule has 9 nitrogen and oxygen atoms in total. The van der Waals surface area contributed by atoms with E-state index in [1.807, 2.05) is 24.0 Å². The molecule has 0 N–H and O–H groups in total. The van der Waals surface area contributed by atoms with Crippen LogP contribution in [-0.4, -0.2) is 64.0 Å². The van der Waals surface area contributed by atoms with Crippen LogP contribution < -0.4 is 4.74 Å². The van der Waals surface area contributed by atoms with Crippen LogP contribution in [0.5, 0.6) is 5.88 Å². The average Bonchev–Trinajstić information content (AvgIpc) is 3.59. The Kier molecular flexibility index (Phi) is 7.60. The number of carbonyl (C=O) groups is 1. The zero-order chi connectivity index (χ0) is 28.7. The highest BCUT2D eigenvalue weighted by atomic mass is 32.2. The van der Waals surface area contributed by atoms with Gasteiger partial charge >= 0.3 is 6.09 Å². The summed E-state index contributed by atoms with van der Waals surface area (Å²) in [6, 6.07) is 1.47. The van der Waals surface area contributed by atoms with Crippen molar-refractivity contribution in [2.24, 2.45) is 0 Å². The van der Waals surface area contributed by atoms with Crippen LogP contribution in [0, 0.1) is 0 Å². The molecule has 1 aliphatic carbocycles. The van der Waals surface area contributed by atoms with Crippen molar-refractivity contribution in [3.63, 3.8) is 0 Å². The van der Waals surface area contributed by atoms with E-state index in [2.05, 4.69) is 16.5 Å². The number of carbonyl (C=O) groups excluding carboxylic acids is 1. The van der Waals surface area contributed by atoms with Gasteiger partial charge in [0.2, 0.25) is 5.88 Å². The summed E-state index contributed by atoms with van der Waals surface area (Å²) >= 11 is 0. The third kappa shape index (κ3) is 5.56. The zero-order valence-corrected chi connectivity index (χ0v) is 23.9. The van der Waals surface area contributed by atoms with Crippen molar-refractivity contribution in [1.29, 1.82) is 0 Å². The molecule has 5 rings (SSSR count). The second-order valence-electron chi connectivity index (χ2n) is 11.0. The van der Waals surface area contributed by atoms with Gasteiger partial charge < -0.3 is 9.47 Å². The molecule has 0 radical (unpaired) electrons. The van der Waals surface area contributed by atoms with Crippen molar-refractivity contribution in [3.05, 3.63) is 60.2 Å². The first-order valence-corrected chi connectivity index (χ1v) is 15.5. The van der Waals surface area contributed by atoms with Crippen LogP contribution in [-0.2, 0) is 14.6 Å². The molecule has 2 aromatic rings. The van der Waals surface area contributed by atoms with Gasteiger partial charge in [0.15, 0.2) is 15.5 Å². The van der Waals surface area contributed by atoms with Crippen molar-refractivity contribution in [2.45, 2.75) is 82.6 Å². The molecule has 2 atom stereocenters. The fourth-order valence-electron chi connectivity index (χ4n) is 5.80. The maximum absolute atomic E-state index is 15.1. The number of hydrogen-bond donors (Lipinski definition) is 0. The molecule has 40 heavy (non-hydrogen) atoms. The number of amides is 1. The Balaban J connectivity index is 1.31. The van der Waals surface area contributed by atoms with Crippen LogP contribution in [0.1, 0.15) is 58.8 Å². The van der Waals surface area contributed by atoms with Gasteiger partial charge in [0.25, 0.3) is 0 Å². The number of allylic oxidation sites excluding steroid dienone is 4. The predicted molar refractivity (Wildman–Crippen MR) is 151 cm³/mol. The molecule has 4 heterocycles. The molecule has 11 heteroatoms. The van der Waals surface area contributed by atoms with Gasteiger partial charge in [-0.15, -0.1) is 0 Å². The normalized spacial score (nSPS) is 24.5. The monoisotopic (exact) mass is 570 g/mol. The number of sulfone groups is 1. The number of ether oxygens (including phenoxy) is 2. The Labute approximate surface area is 234 Å². The first-order valence-electron chi connectivity index (χ1n) is 13.6. The zero-order valence-electron chi connectivity index (χ0n) is 23.0. The van der Waals surface area contributed by atoms with Gasteiger partial charge in [0.1, 0.15) is 23.9 Å². The van der Waals surface area contributed by atoms with E-state index in [0.29, 0.717) is 36.2 Å². The predicted octanol–water partition coefficient (Wildman–Crippen LogP) is 5.71. The second-order valence-corrected chi connectivity index (χ2v) is 13.0. The summed E-state index contributed by atoms with van der Waals surface area (Å²) in [5.74, 6) is -0.445. The van der Waals surface area contributed by atoms with Crippen molar-refractivity contribution in [3.8, 4) is 5.88 Å². The minimum absolute atomic E-state index is 0.0599. The summed E-state index contributed by atoms with van der Waals surface area (Å²) in [7, 11) is -3.60. The van der Waals surface area contributed by atoms with Crippen molar-refractivity contribution < 1.29 is 27.1 Å². The number of piperidine rings is 1. The Morgan fingerprint density at radius 3 is 2.52 bits per heavy atom. The lowest BCUT2D eigenvalue weighted by atomic mass is 9.99. The fraction of sp³-hybridized carbons (Fsp3) is 0.483. The van der Waals surface area contributed by atoms with E-state index < -0.39 is 15.7 Å². The minimum Gasteiger partial charge on any atom is -0.474 e. The van der Waals surface area contributed by atoms with E-state index >= 15 is 4.39 Å². The SMILES string of the molecule is C=C(C(F)=CC(=CCC)S(C)(=O)=O)n1ccc2c(OC3CC4C=CC(C3)N4C(=O)OC3(C)CCCC3)ncnc21. The van der Waals surface area contributed by atoms with Crippen molar-refractivity contribution in [1.82, 2.24) is 19.4 Å². The average molecular weight is 571 g/mol. The molecule has 0 aromatic carbocycles. The number of halogens is 1. The van der Waals surface area contributed by atoms with E-state index in [1.54, 1.807) is 19.2 Å². The Bertz CT molecular complexity index is 1500. The van der Waals surface area contributed by atoms with Gasteiger partial charge in [-0.3, -0.25) is 9.47 Å². The van der Waals surface area contributed by atoms with E-state index in [-0.39, 0.29) is 40.5 Å². The highest BCUT2D eigenvalue weighted by Gasteiger charge is 2.44. The molecule has 2 fully saturated rings. The molecule has 3 aliphatic rings. The summed E-state index contributed by atoms with van der Waals surface area (Å²) in [6.45, 7) is 7.61. The fourth-order valence-corrected chi connectivity index (χ4v) is 6.59. The molecule has 0 spiro atoms.